The number of hydrogen-bond acceptors (Lipinski definition) is 3. The average Bonchev–Trinajstić information content (AvgIpc) is 2.44. The minimum absolute atomic E-state index is 0.00647. The molecular weight excluding hydrogens is 318 g/mol. The molecule has 0 radical (unpaired) electrons. The quantitative estimate of drug-likeness (QED) is 0.819. The molecule has 0 spiro atoms. The Morgan fingerprint density at radius 3 is 1.19 bits per heavy atom. The van der Waals surface area contributed by atoms with E-state index in [1.165, 1.54) is 44.5 Å². The fourth-order valence-corrected chi connectivity index (χ4v) is 4.48. The van der Waals surface area contributed by atoms with Gasteiger partial charge in [0.1, 0.15) is 0 Å². The fourth-order valence-electron chi connectivity index (χ4n) is 4.48. The summed E-state index contributed by atoms with van der Waals surface area (Å²) in [7, 11) is 2.11. The number of hydrogen-bond donors (Lipinski definition) is 2. The highest BCUT2D eigenvalue weighted by atomic mass is 15.1. The zero-order chi connectivity index (χ0) is 19.6. The third kappa shape index (κ3) is 4.73. The van der Waals surface area contributed by atoms with Crippen LogP contribution in [-0.4, -0.2) is 25.0 Å². The van der Waals surface area contributed by atoms with E-state index < -0.39 is 0 Å². The molecule has 2 atom stereocenters. The molecule has 2 aromatic carbocycles. The van der Waals surface area contributed by atoms with Crippen LogP contribution in [0, 0.1) is 41.5 Å². The Bertz CT molecular complexity index is 668. The van der Waals surface area contributed by atoms with Crippen LogP contribution in [0.1, 0.15) is 56.6 Å². The third-order valence-corrected chi connectivity index (χ3v) is 5.23. The molecule has 2 rings (SSSR count). The SMILES string of the molecule is Cc1cc(C)c(C(N)CN(C)CC(N)c2c(C)cc(C)cc2C)c(C)c1. The Kier molecular flexibility index (Phi) is 6.62. The van der Waals surface area contributed by atoms with E-state index >= 15 is 0 Å². The van der Waals surface area contributed by atoms with Gasteiger partial charge in [0.05, 0.1) is 0 Å². The van der Waals surface area contributed by atoms with Crippen molar-refractivity contribution < 1.29 is 0 Å². The highest BCUT2D eigenvalue weighted by Crippen LogP contribution is 2.25. The summed E-state index contributed by atoms with van der Waals surface area (Å²) in [6.45, 7) is 14.5. The van der Waals surface area contributed by atoms with Gasteiger partial charge in [-0.3, -0.25) is 0 Å². The number of aryl methyl sites for hydroxylation is 6. The summed E-state index contributed by atoms with van der Waals surface area (Å²) >= 11 is 0. The second-order valence-electron chi connectivity index (χ2n) is 8.06. The first-order chi connectivity index (χ1) is 12.1. The molecule has 0 aliphatic rings. The number of benzene rings is 2. The molecule has 2 aromatic rings. The number of rotatable bonds is 6. The average molecular weight is 354 g/mol. The molecule has 26 heavy (non-hydrogen) atoms. The molecule has 0 aliphatic carbocycles. The first-order valence-electron chi connectivity index (χ1n) is 9.45. The maximum absolute atomic E-state index is 6.56. The van der Waals surface area contributed by atoms with Crippen LogP contribution in [0.25, 0.3) is 0 Å². The lowest BCUT2D eigenvalue weighted by molar-refractivity contribution is 0.293. The summed E-state index contributed by atoms with van der Waals surface area (Å²) in [6, 6.07) is 8.85. The van der Waals surface area contributed by atoms with E-state index in [4.69, 9.17) is 11.5 Å². The highest BCUT2D eigenvalue weighted by Gasteiger charge is 2.18. The molecule has 142 valence electrons. The molecule has 0 aromatic heterocycles. The second-order valence-corrected chi connectivity index (χ2v) is 8.06. The van der Waals surface area contributed by atoms with Gasteiger partial charge in [0.15, 0.2) is 0 Å². The molecule has 0 aliphatic heterocycles. The van der Waals surface area contributed by atoms with Crippen LogP contribution in [0.15, 0.2) is 24.3 Å². The van der Waals surface area contributed by atoms with Crippen molar-refractivity contribution in [2.45, 2.75) is 53.6 Å². The van der Waals surface area contributed by atoms with Gasteiger partial charge < -0.3 is 16.4 Å². The van der Waals surface area contributed by atoms with Crippen molar-refractivity contribution in [1.82, 2.24) is 4.90 Å². The fraction of sp³-hybridized carbons (Fsp3) is 0.478. The summed E-state index contributed by atoms with van der Waals surface area (Å²) in [5.74, 6) is 0. The molecule has 3 nitrogen and oxygen atoms in total. The van der Waals surface area contributed by atoms with Crippen molar-refractivity contribution in [3.05, 3.63) is 68.8 Å². The van der Waals surface area contributed by atoms with Gasteiger partial charge in [-0.2, -0.15) is 0 Å². The topological polar surface area (TPSA) is 55.3 Å². The molecule has 0 amide bonds. The van der Waals surface area contributed by atoms with E-state index in [1.54, 1.807) is 0 Å². The van der Waals surface area contributed by atoms with E-state index in [-0.39, 0.29) is 12.1 Å². The van der Waals surface area contributed by atoms with Gasteiger partial charge in [-0.25, -0.2) is 0 Å². The summed E-state index contributed by atoms with van der Waals surface area (Å²) in [4.78, 5) is 2.26. The van der Waals surface area contributed by atoms with Crippen molar-refractivity contribution in [3.63, 3.8) is 0 Å². The van der Waals surface area contributed by atoms with Gasteiger partial charge in [0, 0.05) is 25.2 Å². The zero-order valence-electron chi connectivity index (χ0n) is 17.5. The third-order valence-electron chi connectivity index (χ3n) is 5.23. The lowest BCUT2D eigenvalue weighted by atomic mass is 9.93. The van der Waals surface area contributed by atoms with E-state index in [0.29, 0.717) is 0 Å². The molecule has 0 bridgehead atoms. The summed E-state index contributed by atoms with van der Waals surface area (Å²) < 4.78 is 0. The van der Waals surface area contributed by atoms with Crippen LogP contribution in [0.2, 0.25) is 0 Å². The highest BCUT2D eigenvalue weighted by molar-refractivity contribution is 5.40. The molecular formula is C23H35N3. The van der Waals surface area contributed by atoms with E-state index in [2.05, 4.69) is 77.8 Å². The van der Waals surface area contributed by atoms with Gasteiger partial charge in [0.25, 0.3) is 0 Å². The summed E-state index contributed by atoms with van der Waals surface area (Å²) in [5.41, 5.74) is 23.3. The molecule has 0 fully saturated rings. The van der Waals surface area contributed by atoms with E-state index in [9.17, 15) is 0 Å². The Morgan fingerprint density at radius 1 is 0.654 bits per heavy atom. The van der Waals surface area contributed by atoms with Gasteiger partial charge in [-0.05, 0) is 82.0 Å². The molecule has 0 saturated heterocycles. The maximum atomic E-state index is 6.56. The van der Waals surface area contributed by atoms with E-state index in [1.807, 2.05) is 0 Å². The Labute approximate surface area is 159 Å². The Morgan fingerprint density at radius 2 is 0.923 bits per heavy atom. The van der Waals surface area contributed by atoms with Crippen LogP contribution >= 0.6 is 0 Å². The van der Waals surface area contributed by atoms with Crippen molar-refractivity contribution in [2.75, 3.05) is 20.1 Å². The lowest BCUT2D eigenvalue weighted by Gasteiger charge is -2.28. The first-order valence-corrected chi connectivity index (χ1v) is 9.45. The maximum Gasteiger partial charge on any atom is 0.0429 e. The van der Waals surface area contributed by atoms with Gasteiger partial charge >= 0.3 is 0 Å². The largest absolute Gasteiger partial charge is 0.323 e. The van der Waals surface area contributed by atoms with Crippen LogP contribution in [0.5, 0.6) is 0 Å². The Balaban J connectivity index is 2.10. The van der Waals surface area contributed by atoms with Crippen LogP contribution < -0.4 is 11.5 Å². The van der Waals surface area contributed by atoms with Crippen molar-refractivity contribution in [3.8, 4) is 0 Å². The second kappa shape index (κ2) is 8.34. The lowest BCUT2D eigenvalue weighted by Crippen LogP contribution is -2.35. The normalized spacial score (nSPS) is 13.9. The molecule has 0 heterocycles. The predicted molar refractivity (Wildman–Crippen MR) is 113 cm³/mol. The van der Waals surface area contributed by atoms with Crippen LogP contribution in [0.4, 0.5) is 0 Å². The molecule has 3 heteroatoms. The summed E-state index contributed by atoms with van der Waals surface area (Å²) in [5, 5.41) is 0. The van der Waals surface area contributed by atoms with Crippen LogP contribution in [0.3, 0.4) is 0 Å². The van der Waals surface area contributed by atoms with Gasteiger partial charge in [-0.15, -0.1) is 0 Å². The number of nitrogens with zero attached hydrogens (tertiary/aromatic N) is 1. The Hall–Kier alpha value is -1.68. The predicted octanol–water partition coefficient (Wildman–Crippen LogP) is 4.17. The molecule has 4 N–H and O–H groups in total. The van der Waals surface area contributed by atoms with Crippen molar-refractivity contribution in [2.24, 2.45) is 11.5 Å². The van der Waals surface area contributed by atoms with Gasteiger partial charge in [0.2, 0.25) is 0 Å². The standard InChI is InChI=1S/C23H35N3/c1-14-8-16(3)22(17(4)9-14)20(24)12-26(7)13-21(25)23-18(5)10-15(2)11-19(23)6/h8-11,20-21H,12-13,24-25H2,1-7H3. The number of likely N-dealkylation sites (N-methyl/N-ethyl adjacent to an activating group) is 1. The van der Waals surface area contributed by atoms with Crippen molar-refractivity contribution in [1.29, 1.82) is 0 Å². The van der Waals surface area contributed by atoms with E-state index in [0.717, 1.165) is 13.1 Å². The first kappa shape index (κ1) is 20.6. The monoisotopic (exact) mass is 353 g/mol. The number of nitrogens with two attached hydrogens (primary N) is 2. The molecule has 2 unspecified atom stereocenters. The summed E-state index contributed by atoms with van der Waals surface area (Å²) in [6.07, 6.45) is 0. The minimum atomic E-state index is -0.00647. The minimum Gasteiger partial charge on any atom is -0.323 e. The smallest absolute Gasteiger partial charge is 0.0429 e. The molecule has 0 saturated carbocycles. The van der Waals surface area contributed by atoms with Crippen LogP contribution in [-0.2, 0) is 0 Å². The zero-order valence-corrected chi connectivity index (χ0v) is 17.5. The van der Waals surface area contributed by atoms with Gasteiger partial charge in [-0.1, -0.05) is 35.4 Å². The van der Waals surface area contributed by atoms with Crippen molar-refractivity contribution >= 4 is 0 Å².